The van der Waals surface area contributed by atoms with Crippen molar-refractivity contribution in [3.63, 3.8) is 0 Å². The molecule has 37 heavy (non-hydrogen) atoms. The molecule has 0 amide bonds. The van der Waals surface area contributed by atoms with Gasteiger partial charge in [0.2, 0.25) is 0 Å². The lowest BCUT2D eigenvalue weighted by Gasteiger charge is -2.26. The third-order valence-corrected chi connectivity index (χ3v) is 8.30. The summed E-state index contributed by atoms with van der Waals surface area (Å²) in [5.41, 5.74) is 12.8. The summed E-state index contributed by atoms with van der Waals surface area (Å²) in [5.74, 6) is 0.185. The molecule has 2 heteroatoms. The van der Waals surface area contributed by atoms with Crippen LogP contribution >= 0.6 is 31.9 Å². The number of allylic oxidation sites excluding steroid dienone is 4. The predicted molar refractivity (Wildman–Crippen MR) is 169 cm³/mol. The molecule has 0 nitrogen and oxygen atoms in total. The van der Waals surface area contributed by atoms with E-state index in [-0.39, 0.29) is 11.3 Å². The van der Waals surface area contributed by atoms with Crippen LogP contribution in [0.25, 0.3) is 16.7 Å². The van der Waals surface area contributed by atoms with Gasteiger partial charge in [0.1, 0.15) is 0 Å². The van der Waals surface area contributed by atoms with E-state index in [0.29, 0.717) is 5.41 Å². The van der Waals surface area contributed by atoms with E-state index in [1.165, 1.54) is 50.1 Å². The first-order chi connectivity index (χ1) is 17.3. The van der Waals surface area contributed by atoms with Gasteiger partial charge in [-0.1, -0.05) is 121 Å². The van der Waals surface area contributed by atoms with Crippen molar-refractivity contribution in [1.29, 1.82) is 0 Å². The average molecular weight is 621 g/mol. The molecule has 0 fully saturated rings. The minimum absolute atomic E-state index is 0.0732. The van der Waals surface area contributed by atoms with Gasteiger partial charge in [0.25, 0.3) is 0 Å². The van der Waals surface area contributed by atoms with Gasteiger partial charge in [0, 0.05) is 14.9 Å². The molecule has 4 rings (SSSR count). The Bertz CT molecular complexity index is 1320. The fraction of sp³-hybridized carbons (Fsp3) is 0.371. The first-order valence-electron chi connectivity index (χ1n) is 13.3. The predicted octanol–water partition coefficient (Wildman–Crippen LogP) is 11.8. The summed E-state index contributed by atoms with van der Waals surface area (Å²) in [7, 11) is 0. The Balaban J connectivity index is 1.94. The number of fused-ring (bicyclic) bond motifs is 3. The van der Waals surface area contributed by atoms with E-state index in [1.807, 2.05) is 0 Å². The first-order valence-corrected chi connectivity index (χ1v) is 14.9. The van der Waals surface area contributed by atoms with Crippen LogP contribution in [0.2, 0.25) is 0 Å². The standard InChI is InChI=1S/C35H40Br2/c1-22(2)26(11-9-10-18-34(3,4)5)27-15-12-23(35(6,7)8)19-30(27)33-31-20-24(36)13-16-28(31)29-17-14-25(37)21-32(29)33/h9-10,12-17,19-21,33H,11,18H2,1-8H3/b10-9-. The van der Waals surface area contributed by atoms with Crippen LogP contribution in [0.15, 0.2) is 81.3 Å². The van der Waals surface area contributed by atoms with Crippen LogP contribution in [0.3, 0.4) is 0 Å². The van der Waals surface area contributed by atoms with Gasteiger partial charge in [-0.25, -0.2) is 0 Å². The van der Waals surface area contributed by atoms with Gasteiger partial charge < -0.3 is 0 Å². The van der Waals surface area contributed by atoms with Crippen LogP contribution in [0.5, 0.6) is 0 Å². The lowest BCUT2D eigenvalue weighted by atomic mass is 9.78. The molecule has 0 bridgehead atoms. The van der Waals surface area contributed by atoms with Gasteiger partial charge in [-0.15, -0.1) is 0 Å². The van der Waals surface area contributed by atoms with Crippen molar-refractivity contribution in [1.82, 2.24) is 0 Å². The topological polar surface area (TPSA) is 0 Å². The van der Waals surface area contributed by atoms with E-state index in [2.05, 4.69) is 154 Å². The molecule has 194 valence electrons. The number of hydrogen-bond donors (Lipinski definition) is 0. The van der Waals surface area contributed by atoms with Crippen molar-refractivity contribution >= 4 is 37.4 Å². The minimum atomic E-state index is 0.0732. The molecule has 0 heterocycles. The van der Waals surface area contributed by atoms with Crippen molar-refractivity contribution in [2.75, 3.05) is 0 Å². The van der Waals surface area contributed by atoms with E-state index >= 15 is 0 Å². The second-order valence-electron chi connectivity index (χ2n) is 12.9. The van der Waals surface area contributed by atoms with Gasteiger partial charge in [-0.2, -0.15) is 0 Å². The smallest absolute Gasteiger partial charge is 0.0359 e. The van der Waals surface area contributed by atoms with Gasteiger partial charge in [-0.05, 0) is 106 Å². The maximum atomic E-state index is 3.77. The molecular weight excluding hydrogens is 580 g/mol. The third kappa shape index (κ3) is 6.23. The molecule has 0 atom stereocenters. The zero-order valence-corrected chi connectivity index (χ0v) is 26.8. The molecule has 1 aliphatic rings. The van der Waals surface area contributed by atoms with Gasteiger partial charge in [0.15, 0.2) is 0 Å². The number of hydrogen-bond acceptors (Lipinski definition) is 0. The van der Waals surface area contributed by atoms with Crippen LogP contribution < -0.4 is 0 Å². The van der Waals surface area contributed by atoms with E-state index in [9.17, 15) is 0 Å². The molecule has 0 saturated carbocycles. The molecule has 0 unspecified atom stereocenters. The number of halogens is 2. The fourth-order valence-electron chi connectivity index (χ4n) is 5.30. The largest absolute Gasteiger partial charge is 0.0877 e. The van der Waals surface area contributed by atoms with Gasteiger partial charge in [0.05, 0.1) is 0 Å². The van der Waals surface area contributed by atoms with Crippen molar-refractivity contribution in [3.05, 3.63) is 109 Å². The highest BCUT2D eigenvalue weighted by Gasteiger charge is 2.33. The molecule has 0 spiro atoms. The van der Waals surface area contributed by atoms with E-state index in [4.69, 9.17) is 0 Å². The Morgan fingerprint density at radius 1 is 0.730 bits per heavy atom. The van der Waals surface area contributed by atoms with Crippen LogP contribution in [0.4, 0.5) is 0 Å². The SMILES string of the molecule is CC(C)=C(C/C=C\CC(C)(C)C)c1ccc(C(C)(C)C)cc1C1c2cc(Br)ccc2-c2ccc(Br)cc21. The second kappa shape index (κ2) is 10.7. The summed E-state index contributed by atoms with van der Waals surface area (Å²) in [5, 5.41) is 0. The van der Waals surface area contributed by atoms with Crippen LogP contribution in [-0.4, -0.2) is 0 Å². The normalized spacial score (nSPS) is 13.7. The summed E-state index contributed by atoms with van der Waals surface area (Å²) in [6, 6.07) is 20.8. The van der Waals surface area contributed by atoms with Crippen LogP contribution in [0, 0.1) is 5.41 Å². The molecule has 3 aromatic carbocycles. The highest BCUT2D eigenvalue weighted by atomic mass is 79.9. The zero-order valence-electron chi connectivity index (χ0n) is 23.6. The van der Waals surface area contributed by atoms with Crippen molar-refractivity contribution < 1.29 is 0 Å². The Morgan fingerprint density at radius 2 is 1.30 bits per heavy atom. The molecule has 0 aromatic heterocycles. The Hall–Kier alpha value is -1.90. The molecule has 3 aromatic rings. The van der Waals surface area contributed by atoms with Gasteiger partial charge in [-0.3, -0.25) is 0 Å². The summed E-state index contributed by atoms with van der Waals surface area (Å²) < 4.78 is 2.26. The minimum Gasteiger partial charge on any atom is -0.0877 e. The number of benzene rings is 3. The summed E-state index contributed by atoms with van der Waals surface area (Å²) in [6.45, 7) is 18.4. The first kappa shape index (κ1) is 28.1. The number of rotatable bonds is 5. The Morgan fingerprint density at radius 3 is 1.78 bits per heavy atom. The summed E-state index contributed by atoms with van der Waals surface area (Å²) >= 11 is 7.54. The summed E-state index contributed by atoms with van der Waals surface area (Å²) in [6.07, 6.45) is 6.77. The molecular formula is C35H40Br2. The van der Waals surface area contributed by atoms with Crippen LogP contribution in [-0.2, 0) is 5.41 Å². The average Bonchev–Trinajstić information content (AvgIpc) is 3.09. The highest BCUT2D eigenvalue weighted by molar-refractivity contribution is 9.10. The highest BCUT2D eigenvalue weighted by Crippen LogP contribution is 2.51. The van der Waals surface area contributed by atoms with E-state index < -0.39 is 0 Å². The molecule has 0 radical (unpaired) electrons. The van der Waals surface area contributed by atoms with Crippen molar-refractivity contribution in [2.24, 2.45) is 5.41 Å². The fourth-order valence-corrected chi connectivity index (χ4v) is 6.06. The van der Waals surface area contributed by atoms with E-state index in [0.717, 1.165) is 21.8 Å². The monoisotopic (exact) mass is 618 g/mol. The summed E-state index contributed by atoms with van der Waals surface area (Å²) in [4.78, 5) is 0. The van der Waals surface area contributed by atoms with E-state index in [1.54, 1.807) is 0 Å². The lowest BCUT2D eigenvalue weighted by Crippen LogP contribution is -2.14. The molecule has 1 aliphatic carbocycles. The molecule has 0 N–H and O–H groups in total. The van der Waals surface area contributed by atoms with Gasteiger partial charge >= 0.3 is 0 Å². The lowest BCUT2D eigenvalue weighted by molar-refractivity contribution is 0.420. The maximum absolute atomic E-state index is 3.77. The Kier molecular flexibility index (Phi) is 8.13. The quantitative estimate of drug-likeness (QED) is 0.195. The second-order valence-corrected chi connectivity index (χ2v) is 14.7. The zero-order chi connectivity index (χ0) is 27.1. The third-order valence-electron chi connectivity index (χ3n) is 7.32. The maximum Gasteiger partial charge on any atom is 0.0359 e. The Labute approximate surface area is 241 Å². The molecule has 0 aliphatic heterocycles. The molecule has 0 saturated heterocycles. The van der Waals surface area contributed by atoms with Crippen molar-refractivity contribution in [2.45, 2.75) is 79.6 Å². The van der Waals surface area contributed by atoms with Crippen molar-refractivity contribution in [3.8, 4) is 11.1 Å². The van der Waals surface area contributed by atoms with Crippen LogP contribution in [0.1, 0.15) is 102 Å².